The summed E-state index contributed by atoms with van der Waals surface area (Å²) in [6, 6.07) is 13.7. The van der Waals surface area contributed by atoms with E-state index in [4.69, 9.17) is 4.98 Å². The van der Waals surface area contributed by atoms with Crippen molar-refractivity contribution in [2.75, 3.05) is 19.6 Å². The summed E-state index contributed by atoms with van der Waals surface area (Å²) in [5.74, 6) is 0.919. The van der Waals surface area contributed by atoms with Gasteiger partial charge in [-0.05, 0) is 57.9 Å². The van der Waals surface area contributed by atoms with Crippen LogP contribution in [0.5, 0.6) is 0 Å². The van der Waals surface area contributed by atoms with Gasteiger partial charge in [0.05, 0.1) is 11.0 Å². The van der Waals surface area contributed by atoms with E-state index in [1.807, 2.05) is 79.6 Å². The van der Waals surface area contributed by atoms with Gasteiger partial charge in [-0.25, -0.2) is 4.98 Å². The molecule has 0 saturated carbocycles. The lowest BCUT2D eigenvalue weighted by Crippen LogP contribution is -2.33. The highest BCUT2D eigenvalue weighted by Gasteiger charge is 2.16. The van der Waals surface area contributed by atoms with Crippen molar-refractivity contribution in [2.45, 2.75) is 47.1 Å². The molecule has 31 heavy (non-hydrogen) atoms. The number of benzene rings is 2. The van der Waals surface area contributed by atoms with Crippen molar-refractivity contribution < 1.29 is 9.59 Å². The van der Waals surface area contributed by atoms with E-state index in [9.17, 15) is 9.59 Å². The van der Waals surface area contributed by atoms with Gasteiger partial charge in [0.25, 0.3) is 5.91 Å². The van der Waals surface area contributed by atoms with Crippen molar-refractivity contribution in [3.05, 3.63) is 65.0 Å². The first kappa shape index (κ1) is 22.5. The van der Waals surface area contributed by atoms with Gasteiger partial charge in [-0.15, -0.1) is 0 Å². The van der Waals surface area contributed by atoms with Gasteiger partial charge >= 0.3 is 0 Å². The van der Waals surface area contributed by atoms with Crippen LogP contribution >= 0.6 is 0 Å². The zero-order chi connectivity index (χ0) is 22.4. The van der Waals surface area contributed by atoms with Gasteiger partial charge in [-0.2, -0.15) is 0 Å². The number of amides is 2. The van der Waals surface area contributed by atoms with Gasteiger partial charge in [0.2, 0.25) is 5.91 Å². The number of hydrogen-bond donors (Lipinski definition) is 1. The number of likely N-dealkylation sites (N-methyl/N-ethyl adjacent to an activating group) is 1. The molecular weight excluding hydrogens is 388 g/mol. The monoisotopic (exact) mass is 420 g/mol. The van der Waals surface area contributed by atoms with Crippen molar-refractivity contribution in [3.63, 3.8) is 0 Å². The van der Waals surface area contributed by atoms with Crippen molar-refractivity contribution in [1.82, 2.24) is 19.8 Å². The summed E-state index contributed by atoms with van der Waals surface area (Å²) in [7, 11) is 0. The Labute approximate surface area is 184 Å². The predicted octanol–water partition coefficient (Wildman–Crippen LogP) is 3.88. The number of aryl methyl sites for hydroxylation is 3. The first-order chi connectivity index (χ1) is 14.9. The van der Waals surface area contributed by atoms with E-state index in [-0.39, 0.29) is 18.4 Å². The number of hydrogen-bond acceptors (Lipinski definition) is 3. The Morgan fingerprint density at radius 2 is 1.81 bits per heavy atom. The molecule has 0 unspecified atom stereocenters. The highest BCUT2D eigenvalue weighted by Crippen LogP contribution is 2.18. The topological polar surface area (TPSA) is 67.2 Å². The quantitative estimate of drug-likeness (QED) is 0.534. The lowest BCUT2D eigenvalue weighted by atomic mass is 10.1. The van der Waals surface area contributed by atoms with Crippen LogP contribution in [0.1, 0.15) is 47.6 Å². The first-order valence-electron chi connectivity index (χ1n) is 11.0. The number of nitrogens with one attached hydrogen (secondary N) is 1. The Balaban J connectivity index is 1.67. The van der Waals surface area contributed by atoms with Gasteiger partial charge < -0.3 is 14.8 Å². The van der Waals surface area contributed by atoms with E-state index >= 15 is 0 Å². The number of nitrogens with zero attached hydrogens (tertiary/aromatic N) is 3. The Hall–Kier alpha value is -3.15. The van der Waals surface area contributed by atoms with Gasteiger partial charge in [0.1, 0.15) is 12.4 Å². The average Bonchev–Trinajstić information content (AvgIpc) is 3.09. The Morgan fingerprint density at radius 3 is 2.52 bits per heavy atom. The molecule has 0 aliphatic heterocycles. The lowest BCUT2D eigenvalue weighted by molar-refractivity contribution is -0.131. The minimum Gasteiger partial charge on any atom is -0.352 e. The standard InChI is InChI=1S/C25H32N4O2/c1-5-28(6-2)24(30)17-29-22-11-8-7-10-21(22)27-23(29)12-9-15-26-25(31)20-14-13-18(3)16-19(20)4/h7-8,10-11,13-14,16H,5-6,9,12,15,17H2,1-4H3,(H,26,31). The van der Waals surface area contributed by atoms with Crippen LogP contribution in [0.4, 0.5) is 0 Å². The molecule has 2 amide bonds. The maximum absolute atomic E-state index is 12.7. The van der Waals surface area contributed by atoms with E-state index in [1.54, 1.807) is 0 Å². The number of carbonyl (C=O) groups excluding carboxylic acids is 2. The Kier molecular flexibility index (Phi) is 7.45. The summed E-state index contributed by atoms with van der Waals surface area (Å²) in [5.41, 5.74) is 4.70. The first-order valence-corrected chi connectivity index (χ1v) is 11.0. The molecule has 1 N–H and O–H groups in total. The molecule has 0 aliphatic rings. The number of rotatable bonds is 9. The molecular formula is C25H32N4O2. The molecule has 6 heteroatoms. The van der Waals surface area contributed by atoms with Gasteiger partial charge in [-0.1, -0.05) is 29.8 Å². The number of imidazole rings is 1. The second-order valence-electron chi connectivity index (χ2n) is 7.85. The number of fused-ring (bicyclic) bond motifs is 1. The van der Waals surface area contributed by atoms with Crippen LogP contribution in [-0.2, 0) is 17.8 Å². The van der Waals surface area contributed by atoms with Crippen molar-refractivity contribution in [3.8, 4) is 0 Å². The lowest BCUT2D eigenvalue weighted by Gasteiger charge is -2.20. The molecule has 0 aliphatic carbocycles. The third kappa shape index (κ3) is 5.32. The van der Waals surface area contributed by atoms with Crippen LogP contribution in [0.15, 0.2) is 42.5 Å². The molecule has 0 radical (unpaired) electrons. The smallest absolute Gasteiger partial charge is 0.251 e. The van der Waals surface area contributed by atoms with Gasteiger partial charge in [-0.3, -0.25) is 9.59 Å². The van der Waals surface area contributed by atoms with Crippen LogP contribution in [-0.4, -0.2) is 45.9 Å². The minimum absolute atomic E-state index is 0.0530. The fraction of sp³-hybridized carbons (Fsp3) is 0.400. The second kappa shape index (κ2) is 10.2. The van der Waals surface area contributed by atoms with E-state index in [1.165, 1.54) is 0 Å². The van der Waals surface area contributed by atoms with E-state index in [0.717, 1.165) is 34.4 Å². The Bertz CT molecular complexity index is 1070. The molecule has 0 bridgehead atoms. The zero-order valence-electron chi connectivity index (χ0n) is 18.9. The molecule has 1 heterocycles. The number of para-hydroxylation sites is 2. The molecule has 3 rings (SSSR count). The van der Waals surface area contributed by atoms with Crippen molar-refractivity contribution in [1.29, 1.82) is 0 Å². The highest BCUT2D eigenvalue weighted by atomic mass is 16.2. The molecule has 6 nitrogen and oxygen atoms in total. The maximum atomic E-state index is 12.7. The summed E-state index contributed by atoms with van der Waals surface area (Å²) in [6.45, 7) is 10.2. The van der Waals surface area contributed by atoms with Crippen LogP contribution in [0.2, 0.25) is 0 Å². The maximum Gasteiger partial charge on any atom is 0.251 e. The number of aromatic nitrogens is 2. The summed E-state index contributed by atoms with van der Waals surface area (Å²) < 4.78 is 2.02. The third-order valence-electron chi connectivity index (χ3n) is 5.63. The molecule has 0 atom stereocenters. The Morgan fingerprint density at radius 1 is 1.06 bits per heavy atom. The summed E-state index contributed by atoms with van der Waals surface area (Å²) >= 11 is 0. The van der Waals surface area contributed by atoms with Crippen LogP contribution in [0.3, 0.4) is 0 Å². The predicted molar refractivity (Wildman–Crippen MR) is 124 cm³/mol. The molecule has 1 aromatic heterocycles. The minimum atomic E-state index is -0.0530. The van der Waals surface area contributed by atoms with E-state index in [0.29, 0.717) is 31.6 Å². The normalized spacial score (nSPS) is 11.0. The van der Waals surface area contributed by atoms with Crippen LogP contribution in [0, 0.1) is 13.8 Å². The molecule has 164 valence electrons. The van der Waals surface area contributed by atoms with Crippen LogP contribution < -0.4 is 5.32 Å². The van der Waals surface area contributed by atoms with Crippen molar-refractivity contribution in [2.24, 2.45) is 0 Å². The van der Waals surface area contributed by atoms with Gasteiger partial charge in [0.15, 0.2) is 0 Å². The average molecular weight is 421 g/mol. The van der Waals surface area contributed by atoms with Crippen molar-refractivity contribution >= 4 is 22.8 Å². The largest absolute Gasteiger partial charge is 0.352 e. The summed E-state index contributed by atoms with van der Waals surface area (Å²) in [6.07, 6.45) is 1.44. The fourth-order valence-corrected chi connectivity index (χ4v) is 3.92. The third-order valence-corrected chi connectivity index (χ3v) is 5.63. The number of carbonyl (C=O) groups is 2. The fourth-order valence-electron chi connectivity index (χ4n) is 3.92. The molecule has 2 aromatic carbocycles. The van der Waals surface area contributed by atoms with E-state index in [2.05, 4.69) is 5.32 Å². The van der Waals surface area contributed by atoms with Gasteiger partial charge in [0, 0.05) is 31.6 Å². The SMILES string of the molecule is CCN(CC)C(=O)Cn1c(CCCNC(=O)c2ccc(C)cc2C)nc2ccccc21. The molecule has 0 saturated heterocycles. The molecule has 0 spiro atoms. The molecule has 0 fully saturated rings. The summed E-state index contributed by atoms with van der Waals surface area (Å²) in [4.78, 5) is 31.8. The second-order valence-corrected chi connectivity index (χ2v) is 7.85. The van der Waals surface area contributed by atoms with E-state index < -0.39 is 0 Å². The highest BCUT2D eigenvalue weighted by molar-refractivity contribution is 5.95. The molecule has 3 aromatic rings. The van der Waals surface area contributed by atoms with Crippen LogP contribution in [0.25, 0.3) is 11.0 Å². The zero-order valence-corrected chi connectivity index (χ0v) is 18.9. The summed E-state index contributed by atoms with van der Waals surface area (Å²) in [5, 5.41) is 3.01.